The van der Waals surface area contributed by atoms with Gasteiger partial charge >= 0.3 is 6.09 Å². The Hall–Kier alpha value is -2.02. The molecule has 0 saturated carbocycles. The fraction of sp³-hybridized carbons (Fsp3) is 0.650. The third-order valence-electron chi connectivity index (χ3n) is 4.70. The van der Waals surface area contributed by atoms with Gasteiger partial charge in [0.1, 0.15) is 23.3 Å². The standard InChI is InChI=1S/C20H30FN3O3/c1-20(2,3)27-19(25)24-10-4-5-16(14-24)26-18-7-6-15(21)13-17(18)23-11-8-22-9-12-23/h6-7,13,16,22H,4-5,8-12,14H2,1-3H3. The minimum Gasteiger partial charge on any atom is -0.486 e. The van der Waals surface area contributed by atoms with Crippen LogP contribution in [-0.4, -0.2) is 62.0 Å². The molecule has 2 aliphatic rings. The average Bonchev–Trinajstić information content (AvgIpc) is 2.63. The number of likely N-dealkylation sites (tertiary alicyclic amines) is 1. The highest BCUT2D eigenvalue weighted by Crippen LogP contribution is 2.32. The minimum absolute atomic E-state index is 0.126. The molecule has 1 aromatic carbocycles. The number of nitrogens with zero attached hydrogens (tertiary/aromatic N) is 2. The molecule has 27 heavy (non-hydrogen) atoms. The second-order valence-corrected chi connectivity index (χ2v) is 8.16. The highest BCUT2D eigenvalue weighted by Gasteiger charge is 2.29. The number of hydrogen-bond donors (Lipinski definition) is 1. The van der Waals surface area contributed by atoms with Gasteiger partial charge in [-0.15, -0.1) is 0 Å². The van der Waals surface area contributed by atoms with Gasteiger partial charge in [0.25, 0.3) is 0 Å². The maximum absolute atomic E-state index is 13.8. The van der Waals surface area contributed by atoms with Gasteiger partial charge in [0.2, 0.25) is 0 Å². The number of rotatable bonds is 3. The molecule has 0 spiro atoms. The molecular formula is C20H30FN3O3. The third kappa shape index (κ3) is 5.48. The molecule has 0 aromatic heterocycles. The van der Waals surface area contributed by atoms with Crippen LogP contribution in [0.15, 0.2) is 18.2 Å². The Morgan fingerprint density at radius 1 is 1.22 bits per heavy atom. The minimum atomic E-state index is -0.517. The number of hydrogen-bond acceptors (Lipinski definition) is 5. The summed E-state index contributed by atoms with van der Waals surface area (Å²) in [6, 6.07) is 4.66. The second-order valence-electron chi connectivity index (χ2n) is 8.16. The van der Waals surface area contributed by atoms with E-state index in [2.05, 4.69) is 10.2 Å². The summed E-state index contributed by atoms with van der Waals surface area (Å²) in [6.45, 7) is 10.1. The van der Waals surface area contributed by atoms with E-state index in [1.54, 1.807) is 11.0 Å². The number of amides is 1. The predicted molar refractivity (Wildman–Crippen MR) is 103 cm³/mol. The lowest BCUT2D eigenvalue weighted by atomic mass is 10.1. The molecule has 1 unspecified atom stereocenters. The number of carbonyl (C=O) groups is 1. The van der Waals surface area contributed by atoms with E-state index in [1.165, 1.54) is 12.1 Å². The summed E-state index contributed by atoms with van der Waals surface area (Å²) in [6.07, 6.45) is 1.28. The quantitative estimate of drug-likeness (QED) is 0.875. The normalized spacial score (nSPS) is 21.1. The van der Waals surface area contributed by atoms with Crippen LogP contribution in [0.4, 0.5) is 14.9 Å². The zero-order valence-electron chi connectivity index (χ0n) is 16.5. The van der Waals surface area contributed by atoms with E-state index in [1.807, 2.05) is 20.8 Å². The maximum Gasteiger partial charge on any atom is 0.410 e. The number of anilines is 1. The lowest BCUT2D eigenvalue weighted by Gasteiger charge is -2.35. The number of halogens is 1. The van der Waals surface area contributed by atoms with Crippen molar-refractivity contribution >= 4 is 11.8 Å². The van der Waals surface area contributed by atoms with Gasteiger partial charge in [-0.3, -0.25) is 0 Å². The Labute approximate surface area is 160 Å². The summed E-state index contributed by atoms with van der Waals surface area (Å²) in [5.41, 5.74) is 0.267. The number of piperazine rings is 1. The fourth-order valence-electron chi connectivity index (χ4n) is 3.45. The van der Waals surface area contributed by atoms with Gasteiger partial charge in [0.05, 0.1) is 12.2 Å². The lowest BCUT2D eigenvalue weighted by molar-refractivity contribution is 0.00781. The van der Waals surface area contributed by atoms with Gasteiger partial charge in [0.15, 0.2) is 0 Å². The van der Waals surface area contributed by atoms with E-state index < -0.39 is 5.60 Å². The Morgan fingerprint density at radius 2 is 1.96 bits per heavy atom. The van der Waals surface area contributed by atoms with E-state index in [0.717, 1.165) is 44.7 Å². The molecule has 1 N–H and O–H groups in total. The summed E-state index contributed by atoms with van der Waals surface area (Å²) in [4.78, 5) is 16.2. The molecule has 6 nitrogen and oxygen atoms in total. The molecule has 0 aliphatic carbocycles. The molecule has 2 heterocycles. The summed E-state index contributed by atoms with van der Waals surface area (Å²) in [5, 5.41) is 3.30. The summed E-state index contributed by atoms with van der Waals surface area (Å²) < 4.78 is 25.5. The molecule has 2 fully saturated rings. The number of ether oxygens (including phenoxy) is 2. The van der Waals surface area contributed by atoms with Crippen molar-refractivity contribution in [1.82, 2.24) is 10.2 Å². The molecule has 2 aliphatic heterocycles. The molecular weight excluding hydrogens is 349 g/mol. The van der Waals surface area contributed by atoms with Crippen molar-refractivity contribution in [1.29, 1.82) is 0 Å². The SMILES string of the molecule is CC(C)(C)OC(=O)N1CCCC(Oc2ccc(F)cc2N2CCNCC2)C1. The van der Waals surface area contributed by atoms with Gasteiger partial charge in [0, 0.05) is 38.8 Å². The van der Waals surface area contributed by atoms with Gasteiger partial charge in [-0.05, 0) is 45.7 Å². The first-order chi connectivity index (χ1) is 12.8. The zero-order chi connectivity index (χ0) is 19.4. The smallest absolute Gasteiger partial charge is 0.410 e. The Balaban J connectivity index is 1.68. The molecule has 150 valence electrons. The Bertz CT molecular complexity index is 656. The van der Waals surface area contributed by atoms with Crippen LogP contribution in [0.3, 0.4) is 0 Å². The molecule has 1 atom stereocenters. The van der Waals surface area contributed by atoms with Crippen LogP contribution in [0.2, 0.25) is 0 Å². The Kier molecular flexibility index (Phi) is 6.09. The lowest BCUT2D eigenvalue weighted by Crippen LogP contribution is -2.46. The maximum atomic E-state index is 13.8. The first-order valence-corrected chi connectivity index (χ1v) is 9.71. The van der Waals surface area contributed by atoms with E-state index in [4.69, 9.17) is 9.47 Å². The van der Waals surface area contributed by atoms with Crippen molar-refractivity contribution in [2.45, 2.75) is 45.3 Å². The summed E-state index contributed by atoms with van der Waals surface area (Å²) >= 11 is 0. The number of carbonyl (C=O) groups excluding carboxylic acids is 1. The first-order valence-electron chi connectivity index (χ1n) is 9.71. The topological polar surface area (TPSA) is 54.0 Å². The van der Waals surface area contributed by atoms with Crippen molar-refractivity contribution < 1.29 is 18.7 Å². The van der Waals surface area contributed by atoms with E-state index in [0.29, 0.717) is 18.8 Å². The zero-order valence-corrected chi connectivity index (χ0v) is 16.5. The van der Waals surface area contributed by atoms with E-state index in [9.17, 15) is 9.18 Å². The largest absolute Gasteiger partial charge is 0.486 e. The molecule has 1 amide bonds. The van der Waals surface area contributed by atoms with Crippen LogP contribution >= 0.6 is 0 Å². The fourth-order valence-corrected chi connectivity index (χ4v) is 3.45. The number of piperidine rings is 1. The molecule has 0 radical (unpaired) electrons. The summed E-state index contributed by atoms with van der Waals surface area (Å²) in [5.74, 6) is 0.407. The van der Waals surface area contributed by atoms with Gasteiger partial charge in [-0.25, -0.2) is 9.18 Å². The Morgan fingerprint density at radius 3 is 2.67 bits per heavy atom. The molecule has 0 bridgehead atoms. The molecule has 3 rings (SSSR count). The van der Waals surface area contributed by atoms with Gasteiger partial charge in [-0.2, -0.15) is 0 Å². The van der Waals surface area contributed by atoms with Crippen LogP contribution < -0.4 is 15.0 Å². The molecule has 2 saturated heterocycles. The number of benzene rings is 1. The van der Waals surface area contributed by atoms with Gasteiger partial charge in [-0.1, -0.05) is 0 Å². The average molecular weight is 379 g/mol. The van der Waals surface area contributed by atoms with Crippen molar-refractivity contribution in [3.8, 4) is 5.75 Å². The van der Waals surface area contributed by atoms with E-state index >= 15 is 0 Å². The van der Waals surface area contributed by atoms with Crippen LogP contribution in [0, 0.1) is 5.82 Å². The van der Waals surface area contributed by atoms with Crippen LogP contribution in [0.5, 0.6) is 5.75 Å². The van der Waals surface area contributed by atoms with Crippen LogP contribution in [0.25, 0.3) is 0 Å². The predicted octanol–water partition coefficient (Wildman–Crippen LogP) is 3.01. The van der Waals surface area contributed by atoms with Gasteiger partial charge < -0.3 is 24.6 Å². The van der Waals surface area contributed by atoms with Crippen molar-refractivity contribution in [3.63, 3.8) is 0 Å². The van der Waals surface area contributed by atoms with Crippen LogP contribution in [0.1, 0.15) is 33.6 Å². The monoisotopic (exact) mass is 379 g/mol. The second kappa shape index (κ2) is 8.33. The highest BCUT2D eigenvalue weighted by molar-refractivity contribution is 5.68. The molecule has 1 aromatic rings. The highest BCUT2D eigenvalue weighted by atomic mass is 19.1. The van der Waals surface area contributed by atoms with Crippen molar-refractivity contribution in [2.24, 2.45) is 0 Å². The number of nitrogens with one attached hydrogen (secondary N) is 1. The third-order valence-corrected chi connectivity index (χ3v) is 4.70. The van der Waals surface area contributed by atoms with Crippen molar-refractivity contribution in [3.05, 3.63) is 24.0 Å². The summed E-state index contributed by atoms with van der Waals surface area (Å²) in [7, 11) is 0. The van der Waals surface area contributed by atoms with Crippen molar-refractivity contribution in [2.75, 3.05) is 44.2 Å². The first kappa shape index (κ1) is 19.7. The molecule has 7 heteroatoms. The van der Waals surface area contributed by atoms with E-state index in [-0.39, 0.29) is 18.0 Å². The van der Waals surface area contributed by atoms with Crippen LogP contribution in [-0.2, 0) is 4.74 Å².